The molecule has 0 unspecified atom stereocenters. The number of benzene rings is 1. The maximum absolute atomic E-state index is 13.0. The number of methoxy groups -OCH3 is 1. The summed E-state index contributed by atoms with van der Waals surface area (Å²) in [4.78, 5) is 25.2. The summed E-state index contributed by atoms with van der Waals surface area (Å²) in [5.41, 5.74) is 1.16. The fourth-order valence-corrected chi connectivity index (χ4v) is 3.59. The predicted octanol–water partition coefficient (Wildman–Crippen LogP) is 3.64. The molecule has 1 aromatic carbocycles. The highest BCUT2D eigenvalue weighted by Gasteiger charge is 2.29. The highest BCUT2D eigenvalue weighted by Crippen LogP contribution is 2.31. The van der Waals surface area contributed by atoms with Crippen molar-refractivity contribution in [2.24, 2.45) is 0 Å². The molecule has 28 heavy (non-hydrogen) atoms. The molecule has 3 rings (SSSR count). The van der Waals surface area contributed by atoms with Crippen LogP contribution >= 0.6 is 0 Å². The minimum Gasteiger partial charge on any atom is -0.454 e. The van der Waals surface area contributed by atoms with Crippen molar-refractivity contribution in [3.8, 4) is 0 Å². The van der Waals surface area contributed by atoms with Gasteiger partial charge < -0.3 is 19.6 Å². The van der Waals surface area contributed by atoms with E-state index in [1.54, 1.807) is 14.0 Å². The molecule has 150 valence electrons. The number of nitrogens with one attached hydrogen (secondary N) is 1. The van der Waals surface area contributed by atoms with Gasteiger partial charge in [0.25, 0.3) is 5.91 Å². The van der Waals surface area contributed by atoms with Crippen molar-refractivity contribution >= 4 is 11.7 Å². The van der Waals surface area contributed by atoms with Crippen LogP contribution in [0.2, 0.25) is 0 Å². The summed E-state index contributed by atoms with van der Waals surface area (Å²) in [7, 11) is 1.55. The van der Waals surface area contributed by atoms with Crippen LogP contribution in [0.5, 0.6) is 0 Å². The molecule has 1 heterocycles. The summed E-state index contributed by atoms with van der Waals surface area (Å²) in [5, 5.41) is 12.7. The van der Waals surface area contributed by atoms with Crippen LogP contribution in [0.4, 0.5) is 0 Å². The van der Waals surface area contributed by atoms with E-state index in [1.807, 2.05) is 30.3 Å². The molecular formula is C22H27NO5. The molecule has 6 heteroatoms. The molecule has 0 aliphatic heterocycles. The number of aliphatic hydroxyl groups is 1. The van der Waals surface area contributed by atoms with Gasteiger partial charge in [0.1, 0.15) is 6.10 Å². The molecule has 6 nitrogen and oxygen atoms in total. The highest BCUT2D eigenvalue weighted by atomic mass is 16.5. The number of ether oxygens (including phenoxy) is 1. The fourth-order valence-electron chi connectivity index (χ4n) is 3.59. The van der Waals surface area contributed by atoms with Gasteiger partial charge in [0.05, 0.1) is 11.7 Å². The number of hydrogen-bond acceptors (Lipinski definition) is 5. The van der Waals surface area contributed by atoms with E-state index >= 15 is 0 Å². The summed E-state index contributed by atoms with van der Waals surface area (Å²) in [6, 6.07) is 11.0. The second-order valence-electron chi connectivity index (χ2n) is 7.17. The standard InChI is InChI=1S/C22H27NO5/c1-3-18(25)19-13-17(22(26)23-15-9-11-16(24)12-10-15)21(28-19)20(27-2)14-7-5-4-6-8-14/h4-8,13,15-16,20,24H,3,9-12H2,1-2H3,(H,23,26)/t15?,16?,20-/m0/s1. The predicted molar refractivity (Wildman–Crippen MR) is 104 cm³/mol. The van der Waals surface area contributed by atoms with Gasteiger partial charge in [-0.15, -0.1) is 0 Å². The van der Waals surface area contributed by atoms with Gasteiger partial charge in [0, 0.05) is 25.6 Å². The first-order valence-corrected chi connectivity index (χ1v) is 9.77. The summed E-state index contributed by atoms with van der Waals surface area (Å²) >= 11 is 0. The molecule has 0 bridgehead atoms. The molecule has 1 aliphatic carbocycles. The van der Waals surface area contributed by atoms with E-state index in [0.29, 0.717) is 24.2 Å². The monoisotopic (exact) mass is 385 g/mol. The van der Waals surface area contributed by atoms with Crippen LogP contribution in [0.1, 0.15) is 77.4 Å². The van der Waals surface area contributed by atoms with E-state index in [-0.39, 0.29) is 36.0 Å². The molecule has 1 saturated carbocycles. The van der Waals surface area contributed by atoms with Crippen LogP contribution in [-0.2, 0) is 4.74 Å². The van der Waals surface area contributed by atoms with E-state index in [1.165, 1.54) is 6.07 Å². The number of amides is 1. The minimum atomic E-state index is -0.589. The lowest BCUT2D eigenvalue weighted by atomic mass is 9.93. The molecule has 2 N–H and O–H groups in total. The van der Waals surface area contributed by atoms with Gasteiger partial charge in [0.15, 0.2) is 17.3 Å². The third-order valence-electron chi connectivity index (χ3n) is 5.21. The number of furan rings is 1. The molecule has 2 aromatic rings. The van der Waals surface area contributed by atoms with Crippen molar-refractivity contribution in [3.05, 3.63) is 59.0 Å². The normalized spacial score (nSPS) is 20.5. The SMILES string of the molecule is CCC(=O)c1cc(C(=O)NC2CCC(O)CC2)c([C@@H](OC)c2ccccc2)o1. The zero-order valence-electron chi connectivity index (χ0n) is 16.3. The van der Waals surface area contributed by atoms with Crippen molar-refractivity contribution in [1.82, 2.24) is 5.32 Å². The smallest absolute Gasteiger partial charge is 0.255 e. The summed E-state index contributed by atoms with van der Waals surface area (Å²) in [6.07, 6.45) is 2.22. The van der Waals surface area contributed by atoms with Crippen molar-refractivity contribution in [1.29, 1.82) is 0 Å². The third-order valence-corrected chi connectivity index (χ3v) is 5.21. The Morgan fingerprint density at radius 1 is 1.21 bits per heavy atom. The van der Waals surface area contributed by atoms with E-state index in [4.69, 9.17) is 9.15 Å². The van der Waals surface area contributed by atoms with E-state index < -0.39 is 6.10 Å². The lowest BCUT2D eigenvalue weighted by Crippen LogP contribution is -2.38. The van der Waals surface area contributed by atoms with Gasteiger partial charge in [-0.3, -0.25) is 9.59 Å². The Balaban J connectivity index is 1.91. The number of ketones is 1. The van der Waals surface area contributed by atoms with E-state index in [0.717, 1.165) is 18.4 Å². The van der Waals surface area contributed by atoms with Crippen molar-refractivity contribution in [2.45, 2.75) is 57.3 Å². The van der Waals surface area contributed by atoms with Crippen LogP contribution in [0.15, 0.2) is 40.8 Å². The van der Waals surface area contributed by atoms with E-state index in [2.05, 4.69) is 5.32 Å². The van der Waals surface area contributed by atoms with Gasteiger partial charge >= 0.3 is 0 Å². The second kappa shape index (κ2) is 9.17. The average molecular weight is 385 g/mol. The van der Waals surface area contributed by atoms with Gasteiger partial charge in [-0.25, -0.2) is 0 Å². The van der Waals surface area contributed by atoms with Gasteiger partial charge in [-0.05, 0) is 31.2 Å². The maximum Gasteiger partial charge on any atom is 0.255 e. The summed E-state index contributed by atoms with van der Waals surface area (Å²) in [5.74, 6) is 0.0517. The van der Waals surface area contributed by atoms with Gasteiger partial charge in [-0.1, -0.05) is 37.3 Å². The Hall–Kier alpha value is -2.44. The van der Waals surface area contributed by atoms with Crippen LogP contribution in [0.3, 0.4) is 0 Å². The number of carbonyl (C=O) groups is 2. The molecule has 0 spiro atoms. The zero-order valence-corrected chi connectivity index (χ0v) is 16.3. The molecule has 1 aromatic heterocycles. The van der Waals surface area contributed by atoms with Crippen LogP contribution in [0, 0.1) is 0 Å². The van der Waals surface area contributed by atoms with Crippen LogP contribution < -0.4 is 5.32 Å². The van der Waals surface area contributed by atoms with E-state index in [9.17, 15) is 14.7 Å². The first-order valence-electron chi connectivity index (χ1n) is 9.77. The van der Waals surface area contributed by atoms with Crippen molar-refractivity contribution in [2.75, 3.05) is 7.11 Å². The second-order valence-corrected chi connectivity index (χ2v) is 7.17. The Bertz CT molecular complexity index is 806. The number of Topliss-reactive ketones (excluding diaryl/α,β-unsaturated/α-hetero) is 1. The first kappa shape index (κ1) is 20.3. The largest absolute Gasteiger partial charge is 0.454 e. The third kappa shape index (κ3) is 4.51. The van der Waals surface area contributed by atoms with Crippen LogP contribution in [-0.4, -0.2) is 36.1 Å². The Labute approximate surface area is 164 Å². The average Bonchev–Trinajstić information content (AvgIpc) is 3.16. The van der Waals surface area contributed by atoms with Gasteiger partial charge in [-0.2, -0.15) is 0 Å². The first-order chi connectivity index (χ1) is 13.5. The lowest BCUT2D eigenvalue weighted by Gasteiger charge is -2.26. The number of aliphatic hydroxyl groups excluding tert-OH is 1. The molecule has 1 fully saturated rings. The maximum atomic E-state index is 13.0. The number of rotatable bonds is 7. The van der Waals surface area contributed by atoms with Crippen LogP contribution in [0.25, 0.3) is 0 Å². The number of carbonyl (C=O) groups excluding carboxylic acids is 2. The summed E-state index contributed by atoms with van der Waals surface area (Å²) < 4.78 is 11.5. The zero-order chi connectivity index (χ0) is 20.1. The highest BCUT2D eigenvalue weighted by molar-refractivity contribution is 6.00. The summed E-state index contributed by atoms with van der Waals surface area (Å²) in [6.45, 7) is 1.75. The molecule has 0 radical (unpaired) electrons. The number of hydrogen-bond donors (Lipinski definition) is 2. The topological polar surface area (TPSA) is 88.8 Å². The molecular weight excluding hydrogens is 358 g/mol. The van der Waals surface area contributed by atoms with Gasteiger partial charge in [0.2, 0.25) is 0 Å². The Kier molecular flexibility index (Phi) is 6.65. The molecule has 1 amide bonds. The minimum absolute atomic E-state index is 0.00157. The quantitative estimate of drug-likeness (QED) is 0.711. The fraction of sp³-hybridized carbons (Fsp3) is 0.455. The lowest BCUT2D eigenvalue weighted by molar-refractivity contribution is 0.0842. The Morgan fingerprint density at radius 2 is 1.89 bits per heavy atom. The Morgan fingerprint density at radius 3 is 2.50 bits per heavy atom. The van der Waals surface area contributed by atoms with Crippen molar-refractivity contribution in [3.63, 3.8) is 0 Å². The molecule has 1 aliphatic rings. The molecule has 1 atom stereocenters. The molecule has 0 saturated heterocycles. The van der Waals surface area contributed by atoms with Crippen molar-refractivity contribution < 1.29 is 23.8 Å².